The lowest BCUT2D eigenvalue weighted by atomic mass is 10.8. The van der Waals surface area contributed by atoms with Gasteiger partial charge in [-0.05, 0) is 15.9 Å². The van der Waals surface area contributed by atoms with Crippen LogP contribution in [0.2, 0.25) is 0 Å². The summed E-state index contributed by atoms with van der Waals surface area (Å²) < 4.78 is 2.34. The quantitative estimate of drug-likeness (QED) is 0.674. The van der Waals surface area contributed by atoms with Gasteiger partial charge in [0.05, 0.1) is 0 Å². The molecule has 5 heteroatoms. The molecule has 0 bridgehead atoms. The first-order valence-corrected chi connectivity index (χ1v) is 3.64. The van der Waals surface area contributed by atoms with Crippen molar-refractivity contribution in [2.45, 2.75) is 0 Å². The van der Waals surface area contributed by atoms with E-state index in [1.165, 1.54) is 0 Å². The molecule has 4 nitrogen and oxygen atoms in total. The van der Waals surface area contributed by atoms with E-state index in [-0.39, 0.29) is 0 Å². The van der Waals surface area contributed by atoms with Crippen LogP contribution < -0.4 is 4.90 Å². The number of rotatable bonds is 1. The van der Waals surface area contributed by atoms with E-state index in [1.807, 2.05) is 26.0 Å². The van der Waals surface area contributed by atoms with E-state index in [9.17, 15) is 0 Å². The smallest absolute Gasteiger partial charge is 0.224 e. The molecule has 1 rings (SSSR count). The molecule has 0 aliphatic carbocycles. The van der Waals surface area contributed by atoms with Crippen LogP contribution in [0.1, 0.15) is 0 Å². The van der Waals surface area contributed by atoms with Crippen molar-refractivity contribution >= 4 is 21.9 Å². The largest absolute Gasteiger partial charge is 0.347 e. The maximum atomic E-state index is 4.10. The number of halogens is 1. The first kappa shape index (κ1) is 7.53. The molecule has 0 fully saturated rings. The van der Waals surface area contributed by atoms with Gasteiger partial charge < -0.3 is 4.90 Å². The van der Waals surface area contributed by atoms with Crippen molar-refractivity contribution in [2.24, 2.45) is 7.05 Å². The van der Waals surface area contributed by atoms with Crippen molar-refractivity contribution in [3.8, 4) is 0 Å². The molecular weight excluding hydrogens is 196 g/mol. The molecular formula is C5H9BrN4. The van der Waals surface area contributed by atoms with Crippen LogP contribution in [-0.4, -0.2) is 28.9 Å². The molecule has 0 N–H and O–H groups in total. The Hall–Kier alpha value is -0.580. The second-order valence-electron chi connectivity index (χ2n) is 2.20. The predicted octanol–water partition coefficient (Wildman–Crippen LogP) is 0.644. The molecule has 10 heavy (non-hydrogen) atoms. The number of aryl methyl sites for hydroxylation is 1. The highest BCUT2D eigenvalue weighted by Crippen LogP contribution is 2.09. The average Bonchev–Trinajstić information content (AvgIpc) is 2.10. The van der Waals surface area contributed by atoms with E-state index in [1.54, 1.807) is 4.68 Å². The standard InChI is InChI=1S/C5H9BrN4/c1-9(2)5-7-4(6)8-10(5)3/h1-3H3. The second kappa shape index (κ2) is 2.57. The van der Waals surface area contributed by atoms with E-state index in [4.69, 9.17) is 0 Å². The minimum atomic E-state index is 0.624. The van der Waals surface area contributed by atoms with Gasteiger partial charge in [0.15, 0.2) is 0 Å². The van der Waals surface area contributed by atoms with Gasteiger partial charge in [0.1, 0.15) is 0 Å². The highest BCUT2D eigenvalue weighted by atomic mass is 79.9. The fraction of sp³-hybridized carbons (Fsp3) is 0.600. The summed E-state index contributed by atoms with van der Waals surface area (Å²) in [4.78, 5) is 6.00. The lowest BCUT2D eigenvalue weighted by Crippen LogP contribution is -2.14. The molecule has 0 saturated carbocycles. The summed E-state index contributed by atoms with van der Waals surface area (Å²) in [5.41, 5.74) is 0. The van der Waals surface area contributed by atoms with Crippen LogP contribution in [0, 0.1) is 0 Å². The van der Waals surface area contributed by atoms with Gasteiger partial charge in [0.2, 0.25) is 10.7 Å². The van der Waals surface area contributed by atoms with Crippen LogP contribution in [0.15, 0.2) is 4.73 Å². The molecule has 0 atom stereocenters. The lowest BCUT2D eigenvalue weighted by Gasteiger charge is -2.08. The van der Waals surface area contributed by atoms with Crippen LogP contribution in [0.25, 0.3) is 0 Å². The third kappa shape index (κ3) is 1.29. The zero-order valence-electron chi connectivity index (χ0n) is 6.17. The minimum Gasteiger partial charge on any atom is -0.347 e. The zero-order chi connectivity index (χ0) is 7.72. The Morgan fingerprint density at radius 3 is 2.30 bits per heavy atom. The Labute approximate surface area is 68.0 Å². The lowest BCUT2D eigenvalue weighted by molar-refractivity contribution is 0.746. The summed E-state index contributed by atoms with van der Waals surface area (Å²) in [6.07, 6.45) is 0. The molecule has 1 heterocycles. The van der Waals surface area contributed by atoms with Crippen molar-refractivity contribution in [2.75, 3.05) is 19.0 Å². The summed E-state index contributed by atoms with van der Waals surface area (Å²) in [6.45, 7) is 0. The van der Waals surface area contributed by atoms with Gasteiger partial charge in [-0.15, -0.1) is 5.10 Å². The fourth-order valence-electron chi connectivity index (χ4n) is 0.735. The van der Waals surface area contributed by atoms with Crippen molar-refractivity contribution in [1.29, 1.82) is 0 Å². The number of aromatic nitrogens is 3. The first-order valence-electron chi connectivity index (χ1n) is 2.85. The number of nitrogens with zero attached hydrogens (tertiary/aromatic N) is 4. The van der Waals surface area contributed by atoms with Crippen LogP contribution in [0.4, 0.5) is 5.95 Å². The van der Waals surface area contributed by atoms with Crippen molar-refractivity contribution < 1.29 is 0 Å². The summed E-state index contributed by atoms with van der Waals surface area (Å²) in [5, 5.41) is 4.01. The van der Waals surface area contributed by atoms with Crippen LogP contribution in [-0.2, 0) is 7.05 Å². The van der Waals surface area contributed by atoms with E-state index < -0.39 is 0 Å². The van der Waals surface area contributed by atoms with Gasteiger partial charge in [-0.25, -0.2) is 4.68 Å². The van der Waals surface area contributed by atoms with E-state index in [0.717, 1.165) is 5.95 Å². The fourth-order valence-corrected chi connectivity index (χ4v) is 1.13. The summed E-state index contributed by atoms with van der Waals surface area (Å²) in [7, 11) is 5.71. The van der Waals surface area contributed by atoms with E-state index in [2.05, 4.69) is 26.0 Å². The summed E-state index contributed by atoms with van der Waals surface area (Å²) >= 11 is 3.18. The van der Waals surface area contributed by atoms with Crippen LogP contribution in [0.5, 0.6) is 0 Å². The normalized spacial score (nSPS) is 10.0. The van der Waals surface area contributed by atoms with Crippen LogP contribution in [0.3, 0.4) is 0 Å². The Morgan fingerprint density at radius 2 is 2.10 bits per heavy atom. The topological polar surface area (TPSA) is 34.0 Å². The number of hydrogen-bond acceptors (Lipinski definition) is 3. The van der Waals surface area contributed by atoms with Gasteiger partial charge in [-0.3, -0.25) is 0 Å². The third-order valence-electron chi connectivity index (χ3n) is 1.11. The molecule has 0 aromatic carbocycles. The van der Waals surface area contributed by atoms with Crippen molar-refractivity contribution in [3.63, 3.8) is 0 Å². The Kier molecular flexibility index (Phi) is 1.94. The summed E-state index contributed by atoms with van der Waals surface area (Å²) in [5.74, 6) is 0.840. The van der Waals surface area contributed by atoms with Gasteiger partial charge in [0.25, 0.3) is 0 Å². The van der Waals surface area contributed by atoms with Gasteiger partial charge in [0, 0.05) is 21.1 Å². The molecule has 0 aliphatic heterocycles. The van der Waals surface area contributed by atoms with Gasteiger partial charge in [-0.2, -0.15) is 4.98 Å². The monoisotopic (exact) mass is 204 g/mol. The molecule has 56 valence electrons. The highest BCUT2D eigenvalue weighted by molar-refractivity contribution is 9.10. The molecule has 1 aromatic rings. The molecule has 0 unspecified atom stereocenters. The molecule has 1 aromatic heterocycles. The molecule has 0 saturated heterocycles. The first-order chi connectivity index (χ1) is 4.61. The maximum Gasteiger partial charge on any atom is 0.224 e. The highest BCUT2D eigenvalue weighted by Gasteiger charge is 2.04. The Bertz CT molecular complexity index is 230. The number of anilines is 1. The maximum absolute atomic E-state index is 4.10. The molecule has 0 amide bonds. The van der Waals surface area contributed by atoms with E-state index >= 15 is 0 Å². The Morgan fingerprint density at radius 1 is 1.50 bits per heavy atom. The second-order valence-corrected chi connectivity index (χ2v) is 2.91. The SMILES string of the molecule is CN(C)c1nc(Br)nn1C. The molecule has 0 spiro atoms. The van der Waals surface area contributed by atoms with E-state index in [0.29, 0.717) is 4.73 Å². The number of hydrogen-bond donors (Lipinski definition) is 0. The molecule has 0 aliphatic rings. The third-order valence-corrected chi connectivity index (χ3v) is 1.45. The minimum absolute atomic E-state index is 0.624. The van der Waals surface area contributed by atoms with Crippen molar-refractivity contribution in [1.82, 2.24) is 14.8 Å². The predicted molar refractivity (Wildman–Crippen MR) is 43.0 cm³/mol. The Balaban J connectivity index is 3.03. The van der Waals surface area contributed by atoms with Crippen LogP contribution >= 0.6 is 15.9 Å². The zero-order valence-corrected chi connectivity index (χ0v) is 7.75. The van der Waals surface area contributed by atoms with Crippen molar-refractivity contribution in [3.05, 3.63) is 4.73 Å². The average molecular weight is 205 g/mol. The van der Waals surface area contributed by atoms with Gasteiger partial charge in [-0.1, -0.05) is 0 Å². The summed E-state index contributed by atoms with van der Waals surface area (Å²) in [6, 6.07) is 0. The van der Waals surface area contributed by atoms with Gasteiger partial charge >= 0.3 is 0 Å². The molecule has 0 radical (unpaired) electrons.